The fourth-order valence-electron chi connectivity index (χ4n) is 1.78. The second-order valence-electron chi connectivity index (χ2n) is 4.60. The maximum Gasteiger partial charge on any atom is 0.226 e. The van der Waals surface area contributed by atoms with Crippen LogP contribution in [-0.4, -0.2) is 12.5 Å². The Kier molecular flexibility index (Phi) is 5.02. The molecular weight excluding hydrogens is 272 g/mol. The van der Waals surface area contributed by atoms with Crippen LogP contribution in [0.15, 0.2) is 48.5 Å². The Hall–Kier alpha value is -2.00. The number of anilines is 2. The minimum absolute atomic E-state index is 0.0108. The smallest absolute Gasteiger partial charge is 0.226 e. The highest BCUT2D eigenvalue weighted by molar-refractivity contribution is 6.30. The number of hydrogen-bond acceptors (Lipinski definition) is 2. The first-order valence-electron chi connectivity index (χ1n) is 6.49. The molecule has 0 spiro atoms. The van der Waals surface area contributed by atoms with Crippen LogP contribution in [0.25, 0.3) is 0 Å². The highest BCUT2D eigenvalue weighted by atomic mass is 35.5. The van der Waals surface area contributed by atoms with Crippen molar-refractivity contribution in [3.8, 4) is 0 Å². The molecule has 0 aromatic heterocycles. The van der Waals surface area contributed by atoms with Gasteiger partial charge in [-0.1, -0.05) is 35.4 Å². The largest absolute Gasteiger partial charge is 0.384 e. The van der Waals surface area contributed by atoms with Gasteiger partial charge in [-0.3, -0.25) is 4.79 Å². The summed E-state index contributed by atoms with van der Waals surface area (Å²) in [6.45, 7) is 2.58. The van der Waals surface area contributed by atoms with Crippen molar-refractivity contribution in [2.45, 2.75) is 13.3 Å². The van der Waals surface area contributed by atoms with Crippen LogP contribution in [-0.2, 0) is 4.79 Å². The Bertz CT molecular complexity index is 581. The van der Waals surface area contributed by atoms with E-state index < -0.39 is 0 Å². The van der Waals surface area contributed by atoms with Gasteiger partial charge in [-0.15, -0.1) is 0 Å². The summed E-state index contributed by atoms with van der Waals surface area (Å²) >= 11 is 5.89. The summed E-state index contributed by atoms with van der Waals surface area (Å²) in [4.78, 5) is 11.8. The van der Waals surface area contributed by atoms with Crippen molar-refractivity contribution >= 4 is 28.9 Å². The lowest BCUT2D eigenvalue weighted by molar-refractivity contribution is -0.115. The zero-order valence-electron chi connectivity index (χ0n) is 11.3. The van der Waals surface area contributed by atoms with Crippen molar-refractivity contribution in [3.05, 3.63) is 59.1 Å². The monoisotopic (exact) mass is 288 g/mol. The van der Waals surface area contributed by atoms with Gasteiger partial charge in [0.2, 0.25) is 5.91 Å². The minimum Gasteiger partial charge on any atom is -0.384 e. The molecule has 0 bridgehead atoms. The van der Waals surface area contributed by atoms with Gasteiger partial charge in [-0.2, -0.15) is 0 Å². The van der Waals surface area contributed by atoms with Gasteiger partial charge in [-0.25, -0.2) is 0 Å². The topological polar surface area (TPSA) is 41.1 Å². The van der Waals surface area contributed by atoms with E-state index in [1.54, 1.807) is 0 Å². The van der Waals surface area contributed by atoms with Gasteiger partial charge in [-0.05, 0) is 37.3 Å². The van der Waals surface area contributed by atoms with Gasteiger partial charge >= 0.3 is 0 Å². The molecule has 2 aromatic carbocycles. The van der Waals surface area contributed by atoms with Gasteiger partial charge in [0, 0.05) is 29.4 Å². The van der Waals surface area contributed by atoms with E-state index in [0.29, 0.717) is 18.0 Å². The molecule has 0 fully saturated rings. The molecule has 1 amide bonds. The molecule has 0 radical (unpaired) electrons. The lowest BCUT2D eigenvalue weighted by Gasteiger charge is -2.08. The van der Waals surface area contributed by atoms with Crippen molar-refractivity contribution < 1.29 is 4.79 Å². The Morgan fingerprint density at radius 1 is 1.10 bits per heavy atom. The Morgan fingerprint density at radius 2 is 1.85 bits per heavy atom. The first-order valence-corrected chi connectivity index (χ1v) is 6.87. The van der Waals surface area contributed by atoms with Crippen LogP contribution in [0.2, 0.25) is 5.02 Å². The molecule has 0 heterocycles. The molecular formula is C16H17ClN2O. The van der Waals surface area contributed by atoms with E-state index in [1.165, 1.54) is 5.56 Å². The quantitative estimate of drug-likeness (QED) is 0.870. The van der Waals surface area contributed by atoms with Crippen molar-refractivity contribution in [2.24, 2.45) is 0 Å². The number of benzene rings is 2. The number of hydrogen-bond donors (Lipinski definition) is 2. The number of rotatable bonds is 5. The third-order valence-corrected chi connectivity index (χ3v) is 3.08. The number of nitrogens with one attached hydrogen (secondary N) is 2. The third kappa shape index (κ3) is 4.59. The lowest BCUT2D eigenvalue weighted by atomic mass is 10.2. The van der Waals surface area contributed by atoms with Crippen molar-refractivity contribution in [2.75, 3.05) is 17.2 Å². The molecule has 104 valence electrons. The minimum atomic E-state index is -0.0108. The van der Waals surface area contributed by atoms with Gasteiger partial charge in [0.1, 0.15) is 0 Å². The Morgan fingerprint density at radius 3 is 2.55 bits per heavy atom. The summed E-state index contributed by atoms with van der Waals surface area (Å²) in [7, 11) is 0. The van der Waals surface area contributed by atoms with E-state index in [0.717, 1.165) is 11.4 Å². The molecule has 0 atom stereocenters. The number of halogens is 1. The van der Waals surface area contributed by atoms with E-state index in [9.17, 15) is 4.79 Å². The Balaban J connectivity index is 1.76. The van der Waals surface area contributed by atoms with Crippen LogP contribution in [0.1, 0.15) is 12.0 Å². The molecule has 2 N–H and O–H groups in total. The zero-order valence-corrected chi connectivity index (χ0v) is 12.1. The average Bonchev–Trinajstić information content (AvgIpc) is 2.41. The molecule has 0 aliphatic rings. The lowest BCUT2D eigenvalue weighted by Crippen LogP contribution is -2.16. The summed E-state index contributed by atoms with van der Waals surface area (Å²) in [5.41, 5.74) is 2.91. The SMILES string of the molecule is Cc1ccc(NC(=O)CCNc2cccc(Cl)c2)cc1. The van der Waals surface area contributed by atoms with E-state index in [4.69, 9.17) is 11.6 Å². The predicted molar refractivity (Wildman–Crippen MR) is 84.4 cm³/mol. The van der Waals surface area contributed by atoms with Gasteiger partial charge in [0.05, 0.1) is 0 Å². The molecule has 3 nitrogen and oxygen atoms in total. The van der Waals surface area contributed by atoms with Gasteiger partial charge in [0.25, 0.3) is 0 Å². The number of carbonyl (C=O) groups is 1. The normalized spacial score (nSPS) is 10.1. The number of carbonyl (C=O) groups excluding carboxylic acids is 1. The van der Waals surface area contributed by atoms with E-state index in [-0.39, 0.29) is 5.91 Å². The fourth-order valence-corrected chi connectivity index (χ4v) is 1.97. The van der Waals surface area contributed by atoms with Crippen molar-refractivity contribution in [3.63, 3.8) is 0 Å². The Labute approximate surface area is 124 Å². The third-order valence-electron chi connectivity index (χ3n) is 2.84. The molecule has 0 aliphatic heterocycles. The maximum atomic E-state index is 11.8. The van der Waals surface area contributed by atoms with Crippen LogP contribution < -0.4 is 10.6 Å². The van der Waals surface area contributed by atoms with Gasteiger partial charge in [0.15, 0.2) is 0 Å². The van der Waals surface area contributed by atoms with Crippen LogP contribution in [0.3, 0.4) is 0 Å². The highest BCUT2D eigenvalue weighted by Crippen LogP contribution is 2.14. The molecule has 0 unspecified atom stereocenters. The molecule has 20 heavy (non-hydrogen) atoms. The molecule has 4 heteroatoms. The maximum absolute atomic E-state index is 11.8. The predicted octanol–water partition coefficient (Wildman–Crippen LogP) is 4.09. The zero-order chi connectivity index (χ0) is 14.4. The van der Waals surface area contributed by atoms with E-state index >= 15 is 0 Å². The van der Waals surface area contributed by atoms with E-state index in [1.807, 2.05) is 55.5 Å². The van der Waals surface area contributed by atoms with Crippen LogP contribution in [0.4, 0.5) is 11.4 Å². The summed E-state index contributed by atoms with van der Waals surface area (Å²) in [5.74, 6) is -0.0108. The molecule has 0 saturated carbocycles. The standard InChI is InChI=1S/C16H17ClN2O/c1-12-5-7-14(8-6-12)19-16(20)9-10-18-15-4-2-3-13(17)11-15/h2-8,11,18H,9-10H2,1H3,(H,19,20). The summed E-state index contributed by atoms with van der Waals surface area (Å²) in [6.07, 6.45) is 0.403. The number of aryl methyl sites for hydroxylation is 1. The first-order chi connectivity index (χ1) is 9.63. The summed E-state index contributed by atoms with van der Waals surface area (Å²) < 4.78 is 0. The van der Waals surface area contributed by atoms with Crippen molar-refractivity contribution in [1.82, 2.24) is 0 Å². The molecule has 0 saturated heterocycles. The second-order valence-corrected chi connectivity index (χ2v) is 5.04. The summed E-state index contributed by atoms with van der Waals surface area (Å²) in [5, 5.41) is 6.71. The summed E-state index contributed by atoms with van der Waals surface area (Å²) in [6, 6.07) is 15.2. The molecule has 2 rings (SSSR count). The highest BCUT2D eigenvalue weighted by Gasteiger charge is 2.02. The van der Waals surface area contributed by atoms with E-state index in [2.05, 4.69) is 10.6 Å². The second kappa shape index (κ2) is 6.96. The fraction of sp³-hybridized carbons (Fsp3) is 0.188. The van der Waals surface area contributed by atoms with Crippen LogP contribution in [0.5, 0.6) is 0 Å². The molecule has 0 aliphatic carbocycles. The first kappa shape index (κ1) is 14.4. The average molecular weight is 289 g/mol. The van der Waals surface area contributed by atoms with Crippen LogP contribution in [0, 0.1) is 6.92 Å². The van der Waals surface area contributed by atoms with Crippen molar-refractivity contribution in [1.29, 1.82) is 0 Å². The van der Waals surface area contributed by atoms with Gasteiger partial charge < -0.3 is 10.6 Å². The molecule has 2 aromatic rings. The van der Waals surface area contributed by atoms with Crippen LogP contribution >= 0.6 is 11.6 Å². The number of amides is 1.